The van der Waals surface area contributed by atoms with E-state index in [9.17, 15) is 9.90 Å². The van der Waals surface area contributed by atoms with Gasteiger partial charge in [0.05, 0.1) is 0 Å². The molecule has 0 spiro atoms. The van der Waals surface area contributed by atoms with Crippen LogP contribution >= 0.6 is 0 Å². The summed E-state index contributed by atoms with van der Waals surface area (Å²) in [5.41, 5.74) is 1.92. The third-order valence-corrected chi connectivity index (χ3v) is 2.94. The molecule has 0 saturated carbocycles. The molecule has 1 unspecified atom stereocenters. The van der Waals surface area contributed by atoms with Crippen LogP contribution in [0.4, 0.5) is 0 Å². The summed E-state index contributed by atoms with van der Waals surface area (Å²) in [5.74, 6) is -1.65. The number of aliphatic carboxylic acids is 1. The zero-order valence-electron chi connectivity index (χ0n) is 9.98. The number of fused-ring (bicyclic) bond motifs is 1. The fourth-order valence-corrected chi connectivity index (χ4v) is 2.05. The summed E-state index contributed by atoms with van der Waals surface area (Å²) in [7, 11) is 0. The zero-order chi connectivity index (χ0) is 13.2. The Kier molecular flexibility index (Phi) is 2.76. The first-order valence-electron chi connectivity index (χ1n) is 5.89. The van der Waals surface area contributed by atoms with Crippen LogP contribution in [0.1, 0.15) is 17.4 Å². The van der Waals surface area contributed by atoms with E-state index in [4.69, 9.17) is 4.42 Å². The van der Waals surface area contributed by atoms with Gasteiger partial charge in [0.2, 0.25) is 5.89 Å². The zero-order valence-corrected chi connectivity index (χ0v) is 9.98. The van der Waals surface area contributed by atoms with E-state index in [1.54, 1.807) is 36.4 Å². The van der Waals surface area contributed by atoms with E-state index in [1.165, 1.54) is 0 Å². The smallest absolute Gasteiger partial charge is 0.320 e. The molecule has 0 fully saturated rings. The van der Waals surface area contributed by atoms with Crippen LogP contribution in [-0.2, 0) is 4.79 Å². The van der Waals surface area contributed by atoms with Crippen molar-refractivity contribution in [3.8, 4) is 0 Å². The van der Waals surface area contributed by atoms with Gasteiger partial charge in [-0.15, -0.1) is 0 Å². The second kappa shape index (κ2) is 4.57. The highest BCUT2D eigenvalue weighted by atomic mass is 16.4. The Hall–Kier alpha value is -2.62. The first-order valence-corrected chi connectivity index (χ1v) is 5.89. The van der Waals surface area contributed by atoms with Crippen molar-refractivity contribution in [2.75, 3.05) is 0 Å². The predicted molar refractivity (Wildman–Crippen MR) is 69.9 cm³/mol. The Morgan fingerprint density at radius 1 is 1.05 bits per heavy atom. The molecule has 0 aliphatic heterocycles. The fraction of sp³-hybridized carbons (Fsp3) is 0.0667. The first-order chi connectivity index (χ1) is 9.25. The lowest BCUT2D eigenvalue weighted by atomic mass is 9.99. The molecule has 0 saturated heterocycles. The largest absolute Gasteiger partial charge is 0.480 e. The highest BCUT2D eigenvalue weighted by Crippen LogP contribution is 2.27. The van der Waals surface area contributed by atoms with E-state index in [2.05, 4.69) is 4.98 Å². The third-order valence-electron chi connectivity index (χ3n) is 2.94. The lowest BCUT2D eigenvalue weighted by Gasteiger charge is -2.08. The molecule has 3 rings (SSSR count). The molecule has 1 aromatic heterocycles. The van der Waals surface area contributed by atoms with E-state index in [1.807, 2.05) is 18.2 Å². The minimum absolute atomic E-state index is 0.208. The number of carboxylic acid groups (broad SMARTS) is 1. The number of rotatable bonds is 3. The van der Waals surface area contributed by atoms with Crippen LogP contribution in [0.25, 0.3) is 11.1 Å². The van der Waals surface area contributed by atoms with E-state index >= 15 is 0 Å². The van der Waals surface area contributed by atoms with Crippen LogP contribution in [0.15, 0.2) is 59.0 Å². The molecule has 0 amide bonds. The number of carboxylic acids is 1. The number of aromatic nitrogens is 1. The number of para-hydroxylation sites is 2. The van der Waals surface area contributed by atoms with Crippen LogP contribution in [0.3, 0.4) is 0 Å². The quantitative estimate of drug-likeness (QED) is 0.779. The Balaban J connectivity index is 2.12. The van der Waals surface area contributed by atoms with Crippen molar-refractivity contribution >= 4 is 17.1 Å². The molecular formula is C15H11NO3. The van der Waals surface area contributed by atoms with Crippen LogP contribution < -0.4 is 0 Å². The minimum Gasteiger partial charge on any atom is -0.480 e. The van der Waals surface area contributed by atoms with Crippen LogP contribution in [0.5, 0.6) is 0 Å². The Labute approximate surface area is 109 Å². The molecule has 4 nitrogen and oxygen atoms in total. The molecule has 0 aliphatic rings. The summed E-state index contributed by atoms with van der Waals surface area (Å²) in [4.78, 5) is 15.7. The van der Waals surface area contributed by atoms with E-state index in [-0.39, 0.29) is 5.89 Å². The van der Waals surface area contributed by atoms with Crippen LogP contribution in [0.2, 0.25) is 0 Å². The molecule has 2 aromatic carbocycles. The lowest BCUT2D eigenvalue weighted by molar-refractivity contribution is -0.138. The molecule has 0 radical (unpaired) electrons. The van der Waals surface area contributed by atoms with Gasteiger partial charge >= 0.3 is 5.97 Å². The second-order valence-corrected chi connectivity index (χ2v) is 4.20. The Morgan fingerprint density at radius 2 is 1.74 bits per heavy atom. The minimum atomic E-state index is -0.974. The standard InChI is InChI=1S/C15H11NO3/c17-15(18)13(10-6-2-1-3-7-10)14-16-11-8-4-5-9-12(11)19-14/h1-9,13H,(H,17,18). The van der Waals surface area contributed by atoms with Gasteiger partial charge in [-0.05, 0) is 17.7 Å². The molecular weight excluding hydrogens is 242 g/mol. The maximum absolute atomic E-state index is 11.5. The molecule has 1 atom stereocenters. The molecule has 0 bridgehead atoms. The number of hydrogen-bond acceptors (Lipinski definition) is 3. The summed E-state index contributed by atoms with van der Waals surface area (Å²) in [5, 5.41) is 9.41. The van der Waals surface area contributed by atoms with Crippen molar-refractivity contribution in [2.24, 2.45) is 0 Å². The lowest BCUT2D eigenvalue weighted by Crippen LogP contribution is -2.13. The number of carbonyl (C=O) groups is 1. The number of oxazole rings is 1. The molecule has 1 N–H and O–H groups in total. The number of nitrogens with zero attached hydrogens (tertiary/aromatic N) is 1. The maximum atomic E-state index is 11.5. The summed E-state index contributed by atoms with van der Waals surface area (Å²) in [6.07, 6.45) is 0. The van der Waals surface area contributed by atoms with Gasteiger partial charge in [-0.3, -0.25) is 4.79 Å². The first kappa shape index (κ1) is 11.5. The van der Waals surface area contributed by atoms with Crippen molar-refractivity contribution in [3.63, 3.8) is 0 Å². The SMILES string of the molecule is O=C(O)C(c1ccccc1)c1nc2ccccc2o1. The predicted octanol–water partition coefficient (Wildman–Crippen LogP) is 3.04. The molecule has 4 heteroatoms. The van der Waals surface area contributed by atoms with Crippen molar-refractivity contribution in [1.82, 2.24) is 4.98 Å². The van der Waals surface area contributed by atoms with Gasteiger partial charge in [-0.25, -0.2) is 4.98 Å². The number of hydrogen-bond donors (Lipinski definition) is 1. The van der Waals surface area contributed by atoms with Crippen molar-refractivity contribution in [1.29, 1.82) is 0 Å². The normalized spacial score (nSPS) is 12.4. The fourth-order valence-electron chi connectivity index (χ4n) is 2.05. The number of benzene rings is 2. The highest BCUT2D eigenvalue weighted by molar-refractivity contribution is 5.81. The summed E-state index contributed by atoms with van der Waals surface area (Å²) >= 11 is 0. The maximum Gasteiger partial charge on any atom is 0.320 e. The van der Waals surface area contributed by atoms with Gasteiger partial charge in [0.15, 0.2) is 11.5 Å². The van der Waals surface area contributed by atoms with E-state index in [0.29, 0.717) is 16.7 Å². The summed E-state index contributed by atoms with van der Waals surface area (Å²) in [6.45, 7) is 0. The van der Waals surface area contributed by atoms with Gasteiger partial charge < -0.3 is 9.52 Å². The molecule has 19 heavy (non-hydrogen) atoms. The average Bonchev–Trinajstić information content (AvgIpc) is 2.82. The van der Waals surface area contributed by atoms with Gasteiger partial charge in [0, 0.05) is 0 Å². The van der Waals surface area contributed by atoms with Gasteiger partial charge in [0.1, 0.15) is 5.52 Å². The van der Waals surface area contributed by atoms with E-state index < -0.39 is 11.9 Å². The Morgan fingerprint density at radius 3 is 2.42 bits per heavy atom. The molecule has 0 aliphatic carbocycles. The van der Waals surface area contributed by atoms with Crippen molar-refractivity contribution in [3.05, 3.63) is 66.1 Å². The topological polar surface area (TPSA) is 63.3 Å². The monoisotopic (exact) mass is 253 g/mol. The van der Waals surface area contributed by atoms with E-state index in [0.717, 1.165) is 0 Å². The Bertz CT molecular complexity index is 685. The summed E-state index contributed by atoms with van der Waals surface area (Å²) in [6, 6.07) is 16.2. The third kappa shape index (κ3) is 2.08. The highest BCUT2D eigenvalue weighted by Gasteiger charge is 2.27. The van der Waals surface area contributed by atoms with Gasteiger partial charge in [0.25, 0.3) is 0 Å². The average molecular weight is 253 g/mol. The van der Waals surface area contributed by atoms with Gasteiger partial charge in [-0.2, -0.15) is 0 Å². The molecule has 1 heterocycles. The van der Waals surface area contributed by atoms with Gasteiger partial charge in [-0.1, -0.05) is 42.5 Å². The van der Waals surface area contributed by atoms with Crippen LogP contribution in [0, 0.1) is 0 Å². The second-order valence-electron chi connectivity index (χ2n) is 4.20. The van der Waals surface area contributed by atoms with Crippen molar-refractivity contribution < 1.29 is 14.3 Å². The molecule has 3 aromatic rings. The molecule has 94 valence electrons. The summed E-state index contributed by atoms with van der Waals surface area (Å²) < 4.78 is 5.55. The van der Waals surface area contributed by atoms with Crippen LogP contribution in [-0.4, -0.2) is 16.1 Å². The van der Waals surface area contributed by atoms with Crippen molar-refractivity contribution in [2.45, 2.75) is 5.92 Å².